The van der Waals surface area contributed by atoms with Gasteiger partial charge in [0.25, 0.3) is 0 Å². The van der Waals surface area contributed by atoms with Crippen LogP contribution in [0.2, 0.25) is 5.02 Å². The van der Waals surface area contributed by atoms with Crippen molar-refractivity contribution in [3.8, 4) is 0 Å². The van der Waals surface area contributed by atoms with Gasteiger partial charge in [-0.3, -0.25) is 9.78 Å². The summed E-state index contributed by atoms with van der Waals surface area (Å²) in [4.78, 5) is 16.2. The summed E-state index contributed by atoms with van der Waals surface area (Å²) in [5.74, 6) is -1.21. The van der Waals surface area contributed by atoms with Crippen molar-refractivity contribution >= 4 is 17.4 Å². The summed E-state index contributed by atoms with van der Waals surface area (Å²) in [7, 11) is 0. The molecule has 0 bridgehead atoms. The Balaban J connectivity index is 0. The number of pyridine rings is 1. The minimum atomic E-state index is -0.664. The van der Waals surface area contributed by atoms with E-state index in [1.807, 2.05) is 6.92 Å². The smallest absolute Gasteiger partial charge is 0.215 e. The maximum Gasteiger partial charge on any atom is 0.215 e. The van der Waals surface area contributed by atoms with Crippen LogP contribution in [0, 0.1) is 5.82 Å². The molecule has 0 unspecified atom stereocenters. The van der Waals surface area contributed by atoms with Gasteiger partial charge in [-0.25, -0.2) is 4.39 Å². The van der Waals surface area contributed by atoms with Crippen LogP contribution in [0.15, 0.2) is 36.5 Å². The van der Waals surface area contributed by atoms with Crippen LogP contribution in [0.1, 0.15) is 45.3 Å². The first-order chi connectivity index (χ1) is 9.56. The Morgan fingerprint density at radius 2 is 2.20 bits per heavy atom. The molecular formula is C15H20ClFN2O. The van der Waals surface area contributed by atoms with E-state index in [-0.39, 0.29) is 26.1 Å². The van der Waals surface area contributed by atoms with Gasteiger partial charge in [-0.2, -0.15) is 0 Å². The predicted molar refractivity (Wildman–Crippen MR) is 82.6 cm³/mol. The molecule has 2 N–H and O–H groups in total. The summed E-state index contributed by atoms with van der Waals surface area (Å²) >= 11 is 5.96. The minimum Gasteiger partial charge on any atom is -0.324 e. The van der Waals surface area contributed by atoms with E-state index in [1.54, 1.807) is 12.1 Å². The average Bonchev–Trinajstić information content (AvgIpc) is 2.47. The van der Waals surface area contributed by atoms with Gasteiger partial charge in [-0.1, -0.05) is 30.7 Å². The highest BCUT2D eigenvalue weighted by molar-refractivity contribution is 6.34. The second kappa shape index (κ2) is 6.11. The third kappa shape index (κ3) is 2.71. The maximum atomic E-state index is 14.5. The number of hydrogen-bond donors (Lipinski definition) is 1. The van der Waals surface area contributed by atoms with Gasteiger partial charge in [-0.15, -0.1) is 0 Å². The lowest BCUT2D eigenvalue weighted by Gasteiger charge is -2.14. The molecule has 2 aromatic rings. The SMILES string of the molecule is CC[C@@H](N)c1ccc(Cl)c(C(=O)c2ccccn2)c1F.[HH].[HH].[HH]. The van der Waals surface area contributed by atoms with E-state index in [0.717, 1.165) is 0 Å². The monoisotopic (exact) mass is 298 g/mol. The minimum absolute atomic E-state index is 0. The standard InChI is InChI=1S/C15H14ClFN2O.3H2/c1-2-11(18)9-6-7-10(16)13(14(9)17)15(20)12-5-3-4-8-19-12;;;/h3-8,11H,2,18H2,1H3;3*1H/t11-;;;/m1.../s1. The fraction of sp³-hybridized carbons (Fsp3) is 0.200. The quantitative estimate of drug-likeness (QED) is 0.858. The van der Waals surface area contributed by atoms with Gasteiger partial charge in [0.05, 0.1) is 10.6 Å². The number of carbonyl (C=O) groups is 1. The van der Waals surface area contributed by atoms with Crippen LogP contribution in [0.25, 0.3) is 0 Å². The summed E-state index contributed by atoms with van der Waals surface area (Å²) in [6.07, 6.45) is 2.04. The van der Waals surface area contributed by atoms with Crippen molar-refractivity contribution < 1.29 is 13.5 Å². The van der Waals surface area contributed by atoms with E-state index in [2.05, 4.69) is 4.98 Å². The Morgan fingerprint density at radius 3 is 2.80 bits per heavy atom. The number of nitrogens with zero attached hydrogens (tertiary/aromatic N) is 1. The molecule has 5 heteroatoms. The van der Waals surface area contributed by atoms with Crippen LogP contribution in [0.3, 0.4) is 0 Å². The fourth-order valence-corrected chi connectivity index (χ4v) is 2.14. The molecule has 0 saturated heterocycles. The van der Waals surface area contributed by atoms with E-state index in [9.17, 15) is 9.18 Å². The number of halogens is 2. The molecule has 3 nitrogen and oxygen atoms in total. The largest absolute Gasteiger partial charge is 0.324 e. The number of rotatable bonds is 4. The topological polar surface area (TPSA) is 56.0 Å². The van der Waals surface area contributed by atoms with E-state index in [1.165, 1.54) is 24.4 Å². The zero-order valence-corrected chi connectivity index (χ0v) is 11.7. The van der Waals surface area contributed by atoms with Crippen LogP contribution in [-0.4, -0.2) is 10.8 Å². The molecule has 0 spiro atoms. The van der Waals surface area contributed by atoms with Crippen LogP contribution < -0.4 is 5.73 Å². The zero-order valence-electron chi connectivity index (χ0n) is 10.9. The molecule has 0 saturated carbocycles. The highest BCUT2D eigenvalue weighted by Crippen LogP contribution is 2.28. The second-order valence-corrected chi connectivity index (χ2v) is 4.79. The predicted octanol–water partition coefficient (Wildman–Crippen LogP) is 4.25. The highest BCUT2D eigenvalue weighted by Gasteiger charge is 2.23. The second-order valence-electron chi connectivity index (χ2n) is 4.38. The van der Waals surface area contributed by atoms with E-state index in [4.69, 9.17) is 17.3 Å². The first-order valence-electron chi connectivity index (χ1n) is 6.25. The highest BCUT2D eigenvalue weighted by atomic mass is 35.5. The lowest BCUT2D eigenvalue weighted by atomic mass is 9.98. The summed E-state index contributed by atoms with van der Waals surface area (Å²) < 4.78 is 14.5. The average molecular weight is 299 g/mol. The van der Waals surface area contributed by atoms with Gasteiger partial charge in [0, 0.05) is 22.1 Å². The molecule has 0 aliphatic heterocycles. The number of nitrogens with two attached hydrogens (primary N) is 1. The van der Waals surface area contributed by atoms with Gasteiger partial charge in [0.1, 0.15) is 11.5 Å². The molecule has 1 heterocycles. The van der Waals surface area contributed by atoms with E-state index >= 15 is 0 Å². The molecule has 0 amide bonds. The first-order valence-corrected chi connectivity index (χ1v) is 6.63. The summed E-state index contributed by atoms with van der Waals surface area (Å²) in [5.41, 5.74) is 6.11. The van der Waals surface area contributed by atoms with Crippen molar-refractivity contribution in [1.82, 2.24) is 4.98 Å². The molecule has 0 aliphatic rings. The van der Waals surface area contributed by atoms with Gasteiger partial charge in [-0.05, 0) is 24.6 Å². The first kappa shape index (κ1) is 14.6. The number of aromatic nitrogens is 1. The Morgan fingerprint density at radius 1 is 1.45 bits per heavy atom. The van der Waals surface area contributed by atoms with Crippen molar-refractivity contribution in [2.24, 2.45) is 5.73 Å². The zero-order chi connectivity index (χ0) is 14.7. The van der Waals surface area contributed by atoms with Crippen LogP contribution in [0.5, 0.6) is 0 Å². The Kier molecular flexibility index (Phi) is 4.47. The summed E-state index contributed by atoms with van der Waals surface area (Å²) in [6, 6.07) is 7.39. The normalized spacial score (nSPS) is 12.2. The van der Waals surface area contributed by atoms with Gasteiger partial charge >= 0.3 is 0 Å². The van der Waals surface area contributed by atoms with E-state index in [0.29, 0.717) is 6.42 Å². The lowest BCUT2D eigenvalue weighted by Crippen LogP contribution is -2.15. The molecule has 2 rings (SSSR count). The number of benzene rings is 1. The number of ketones is 1. The lowest BCUT2D eigenvalue weighted by molar-refractivity contribution is 0.103. The Labute approximate surface area is 126 Å². The van der Waals surface area contributed by atoms with Crippen molar-refractivity contribution in [1.29, 1.82) is 0 Å². The van der Waals surface area contributed by atoms with Gasteiger partial charge < -0.3 is 5.73 Å². The van der Waals surface area contributed by atoms with E-state index < -0.39 is 17.6 Å². The van der Waals surface area contributed by atoms with Crippen molar-refractivity contribution in [2.45, 2.75) is 19.4 Å². The third-order valence-corrected chi connectivity index (χ3v) is 3.40. The molecule has 0 radical (unpaired) electrons. The van der Waals surface area contributed by atoms with Crippen molar-refractivity contribution in [3.63, 3.8) is 0 Å². The number of carbonyl (C=O) groups excluding carboxylic acids is 1. The van der Waals surface area contributed by atoms with Gasteiger partial charge in [0.2, 0.25) is 5.78 Å². The Bertz CT molecular complexity index is 644. The molecule has 1 aromatic heterocycles. The third-order valence-electron chi connectivity index (χ3n) is 3.08. The molecule has 110 valence electrons. The Hall–Kier alpha value is -1.78. The molecule has 0 fully saturated rings. The maximum absolute atomic E-state index is 14.5. The molecule has 1 aromatic carbocycles. The summed E-state index contributed by atoms with van der Waals surface area (Å²) in [6.45, 7) is 1.85. The molecule has 1 atom stereocenters. The molecule has 20 heavy (non-hydrogen) atoms. The van der Waals surface area contributed by atoms with Gasteiger partial charge in [0.15, 0.2) is 0 Å². The molecular weight excluding hydrogens is 279 g/mol. The van der Waals surface area contributed by atoms with Crippen molar-refractivity contribution in [3.05, 3.63) is 64.2 Å². The van der Waals surface area contributed by atoms with Crippen molar-refractivity contribution in [2.75, 3.05) is 0 Å². The fourth-order valence-electron chi connectivity index (χ4n) is 1.91. The summed E-state index contributed by atoms with van der Waals surface area (Å²) in [5, 5.41) is 0.0604. The molecule has 0 aliphatic carbocycles. The number of hydrogen-bond acceptors (Lipinski definition) is 3. The van der Waals surface area contributed by atoms with Crippen LogP contribution in [0.4, 0.5) is 4.39 Å². The van der Waals surface area contributed by atoms with Crippen LogP contribution in [-0.2, 0) is 0 Å². The van der Waals surface area contributed by atoms with Crippen LogP contribution >= 0.6 is 11.6 Å².